The molecule has 0 radical (unpaired) electrons. The van der Waals surface area contributed by atoms with Gasteiger partial charge in [0.25, 0.3) is 0 Å². The topological polar surface area (TPSA) is 35.6 Å². The summed E-state index contributed by atoms with van der Waals surface area (Å²) in [5.74, 6) is 0.319. The normalized spacial score (nSPS) is 16.9. The largest absolute Gasteiger partial charge is 0.348 e. The van der Waals surface area contributed by atoms with Crippen LogP contribution >= 0.6 is 12.2 Å². The van der Waals surface area contributed by atoms with E-state index in [1.54, 1.807) is 0 Å². The molecule has 0 saturated carbocycles. The van der Waals surface area contributed by atoms with E-state index < -0.39 is 0 Å². The van der Waals surface area contributed by atoms with Gasteiger partial charge < -0.3 is 15.1 Å². The Morgan fingerprint density at radius 3 is 2.67 bits per heavy atom. The predicted molar refractivity (Wildman–Crippen MR) is 118 cm³/mol. The minimum Gasteiger partial charge on any atom is -0.348 e. The zero-order chi connectivity index (χ0) is 19.8. The molecule has 0 bridgehead atoms. The number of likely N-dealkylation sites (tertiary alicyclic amines) is 1. The number of hydrogen-bond acceptors (Lipinski definition) is 2. The van der Waals surface area contributed by atoms with Gasteiger partial charge in [-0.25, -0.2) is 0 Å². The molecule has 1 heterocycles. The van der Waals surface area contributed by atoms with E-state index in [9.17, 15) is 4.79 Å². The molecule has 150 valence electrons. The quantitative estimate of drug-likeness (QED) is 0.691. The van der Waals surface area contributed by atoms with Crippen molar-refractivity contribution in [1.29, 1.82) is 0 Å². The number of unbranched alkanes of at least 4 members (excludes halogenated alkanes) is 1. The Morgan fingerprint density at radius 1 is 1.30 bits per heavy atom. The van der Waals surface area contributed by atoms with Crippen LogP contribution in [-0.4, -0.2) is 47.0 Å². The fourth-order valence-corrected chi connectivity index (χ4v) is 4.03. The molecule has 1 N–H and O–H groups in total. The van der Waals surface area contributed by atoms with Crippen LogP contribution < -0.4 is 5.32 Å². The maximum atomic E-state index is 12.7. The molecule has 1 fully saturated rings. The van der Waals surface area contributed by atoms with Crippen LogP contribution in [0.2, 0.25) is 0 Å². The van der Waals surface area contributed by atoms with E-state index in [1.165, 1.54) is 24.0 Å². The SMILES string of the molecule is CCCCc1ccc(NC(=S)N2CCCC(C(=O)N(CC)CC)C2)c(C)c1. The maximum Gasteiger partial charge on any atom is 0.227 e. The van der Waals surface area contributed by atoms with Gasteiger partial charge in [0.15, 0.2) is 5.11 Å². The first-order valence-corrected chi connectivity index (χ1v) is 10.8. The molecule has 1 aromatic carbocycles. The summed E-state index contributed by atoms with van der Waals surface area (Å²) in [5.41, 5.74) is 3.67. The van der Waals surface area contributed by atoms with Crippen molar-refractivity contribution in [3.63, 3.8) is 0 Å². The molecule has 1 aliphatic heterocycles. The molecule has 0 aliphatic carbocycles. The van der Waals surface area contributed by atoms with Gasteiger partial charge in [0.1, 0.15) is 0 Å². The second kappa shape index (κ2) is 10.6. The van der Waals surface area contributed by atoms with Gasteiger partial charge in [0, 0.05) is 31.9 Å². The van der Waals surface area contributed by atoms with Crippen molar-refractivity contribution in [2.24, 2.45) is 5.92 Å². The number of amides is 1. The van der Waals surface area contributed by atoms with E-state index in [2.05, 4.69) is 42.3 Å². The van der Waals surface area contributed by atoms with Crippen molar-refractivity contribution in [2.75, 3.05) is 31.5 Å². The predicted octanol–water partition coefficient (Wildman–Crippen LogP) is 4.61. The molecular formula is C22H35N3OS. The summed E-state index contributed by atoms with van der Waals surface area (Å²) in [5, 5.41) is 4.15. The Hall–Kier alpha value is -1.62. The van der Waals surface area contributed by atoms with Crippen LogP contribution in [0.25, 0.3) is 0 Å². The smallest absolute Gasteiger partial charge is 0.227 e. The van der Waals surface area contributed by atoms with Crippen molar-refractivity contribution in [3.8, 4) is 0 Å². The lowest BCUT2D eigenvalue weighted by molar-refractivity contribution is -0.136. The standard InChI is InChI=1S/C22H35N3OS/c1-5-8-10-18-12-13-20(17(4)15-18)23-22(27)25-14-9-11-19(16-25)21(26)24(6-2)7-3/h12-13,15,19H,5-11,14,16H2,1-4H3,(H,23,27). The highest BCUT2D eigenvalue weighted by Crippen LogP contribution is 2.22. The number of benzene rings is 1. The van der Waals surface area contributed by atoms with Crippen LogP contribution in [0.3, 0.4) is 0 Å². The zero-order valence-corrected chi connectivity index (χ0v) is 18.2. The highest BCUT2D eigenvalue weighted by atomic mass is 32.1. The number of nitrogens with one attached hydrogen (secondary N) is 1. The number of hydrogen-bond donors (Lipinski definition) is 1. The summed E-state index contributed by atoms with van der Waals surface area (Å²) in [7, 11) is 0. The van der Waals surface area contributed by atoms with Crippen LogP contribution in [-0.2, 0) is 11.2 Å². The molecule has 2 rings (SSSR count). The summed E-state index contributed by atoms with van der Waals surface area (Å²) >= 11 is 5.67. The summed E-state index contributed by atoms with van der Waals surface area (Å²) in [6.07, 6.45) is 5.53. The Morgan fingerprint density at radius 2 is 2.04 bits per heavy atom. The first kappa shape index (κ1) is 21.7. The van der Waals surface area contributed by atoms with Crippen molar-refractivity contribution >= 4 is 28.9 Å². The van der Waals surface area contributed by atoms with Crippen LogP contribution in [0.4, 0.5) is 5.69 Å². The second-order valence-electron chi connectivity index (χ2n) is 7.48. The molecule has 1 aromatic rings. The molecule has 1 saturated heterocycles. The minimum absolute atomic E-state index is 0.0518. The number of nitrogens with zero attached hydrogens (tertiary/aromatic N) is 2. The average molecular weight is 390 g/mol. The first-order valence-electron chi connectivity index (χ1n) is 10.4. The van der Waals surface area contributed by atoms with Crippen molar-refractivity contribution in [3.05, 3.63) is 29.3 Å². The summed E-state index contributed by atoms with van der Waals surface area (Å²) in [6.45, 7) is 11.6. The second-order valence-corrected chi connectivity index (χ2v) is 7.87. The van der Waals surface area contributed by atoms with Crippen molar-refractivity contribution in [1.82, 2.24) is 9.80 Å². The Labute approximate surface area is 170 Å². The number of piperidine rings is 1. The Balaban J connectivity index is 1.98. The number of anilines is 1. The lowest BCUT2D eigenvalue weighted by atomic mass is 9.96. The number of rotatable bonds is 7. The van der Waals surface area contributed by atoms with E-state index in [4.69, 9.17) is 12.2 Å². The third-order valence-electron chi connectivity index (χ3n) is 5.48. The lowest BCUT2D eigenvalue weighted by Crippen LogP contribution is -2.47. The number of thiocarbonyl (C=S) groups is 1. The third-order valence-corrected chi connectivity index (χ3v) is 5.84. The van der Waals surface area contributed by atoms with Crippen molar-refractivity contribution < 1.29 is 4.79 Å². The molecular weight excluding hydrogens is 354 g/mol. The first-order chi connectivity index (χ1) is 13.0. The van der Waals surface area contributed by atoms with Gasteiger partial charge in [0.05, 0.1) is 5.92 Å². The average Bonchev–Trinajstić information content (AvgIpc) is 2.69. The summed E-state index contributed by atoms with van der Waals surface area (Å²) < 4.78 is 0. The highest BCUT2D eigenvalue weighted by molar-refractivity contribution is 7.80. The maximum absolute atomic E-state index is 12.7. The molecule has 1 atom stereocenters. The van der Waals surface area contributed by atoms with Gasteiger partial charge in [-0.05, 0) is 75.9 Å². The molecule has 1 aliphatic rings. The summed E-state index contributed by atoms with van der Waals surface area (Å²) in [6, 6.07) is 6.58. The molecule has 5 heteroatoms. The molecule has 1 unspecified atom stereocenters. The molecule has 1 amide bonds. The van der Waals surface area contributed by atoms with Gasteiger partial charge in [-0.15, -0.1) is 0 Å². The van der Waals surface area contributed by atoms with E-state index in [0.717, 1.165) is 56.2 Å². The fraction of sp³-hybridized carbons (Fsp3) is 0.636. The van der Waals surface area contributed by atoms with Crippen LogP contribution in [0.1, 0.15) is 57.6 Å². The number of carbonyl (C=O) groups is 1. The van der Waals surface area contributed by atoms with Crippen LogP contribution in [0, 0.1) is 12.8 Å². The van der Waals surface area contributed by atoms with Gasteiger partial charge in [-0.2, -0.15) is 0 Å². The van der Waals surface area contributed by atoms with E-state index in [-0.39, 0.29) is 11.8 Å². The van der Waals surface area contributed by atoms with Crippen LogP contribution in [0.15, 0.2) is 18.2 Å². The monoisotopic (exact) mass is 389 g/mol. The van der Waals surface area contributed by atoms with Crippen molar-refractivity contribution in [2.45, 2.75) is 59.8 Å². The molecule has 0 aromatic heterocycles. The van der Waals surface area contributed by atoms with Crippen LogP contribution in [0.5, 0.6) is 0 Å². The Bertz CT molecular complexity index is 642. The van der Waals surface area contributed by atoms with Gasteiger partial charge >= 0.3 is 0 Å². The highest BCUT2D eigenvalue weighted by Gasteiger charge is 2.29. The molecule has 0 spiro atoms. The third kappa shape index (κ3) is 5.93. The Kier molecular flexibility index (Phi) is 8.55. The van der Waals surface area contributed by atoms with E-state index in [1.807, 2.05) is 18.7 Å². The molecule has 4 nitrogen and oxygen atoms in total. The summed E-state index contributed by atoms with van der Waals surface area (Å²) in [4.78, 5) is 16.8. The lowest BCUT2D eigenvalue weighted by Gasteiger charge is -2.36. The van der Waals surface area contributed by atoms with E-state index >= 15 is 0 Å². The van der Waals surface area contributed by atoms with Gasteiger partial charge in [0.2, 0.25) is 5.91 Å². The molecule has 27 heavy (non-hydrogen) atoms. The fourth-order valence-electron chi connectivity index (χ4n) is 3.75. The zero-order valence-electron chi connectivity index (χ0n) is 17.4. The number of carbonyl (C=O) groups excluding carboxylic acids is 1. The van der Waals surface area contributed by atoms with Gasteiger partial charge in [-0.3, -0.25) is 4.79 Å². The van der Waals surface area contributed by atoms with Gasteiger partial charge in [-0.1, -0.05) is 25.5 Å². The van der Waals surface area contributed by atoms with E-state index in [0.29, 0.717) is 0 Å². The number of aryl methyl sites for hydroxylation is 2. The minimum atomic E-state index is 0.0518.